The highest BCUT2D eigenvalue weighted by Crippen LogP contribution is 2.24. The van der Waals surface area contributed by atoms with E-state index < -0.39 is 0 Å². The van der Waals surface area contributed by atoms with Gasteiger partial charge in [0.25, 0.3) is 5.91 Å². The van der Waals surface area contributed by atoms with Crippen molar-refractivity contribution in [3.63, 3.8) is 0 Å². The molecule has 0 atom stereocenters. The van der Waals surface area contributed by atoms with Gasteiger partial charge in [-0.05, 0) is 37.1 Å². The number of hydrogen-bond donors (Lipinski definition) is 2. The van der Waals surface area contributed by atoms with E-state index >= 15 is 0 Å². The van der Waals surface area contributed by atoms with Gasteiger partial charge in [-0.1, -0.05) is 18.2 Å². The van der Waals surface area contributed by atoms with E-state index in [0.717, 1.165) is 11.3 Å². The summed E-state index contributed by atoms with van der Waals surface area (Å²) < 4.78 is 10.7. The highest BCUT2D eigenvalue weighted by molar-refractivity contribution is 6.00. The van der Waals surface area contributed by atoms with Gasteiger partial charge >= 0.3 is 0 Å². The number of para-hydroxylation sites is 1. The van der Waals surface area contributed by atoms with Gasteiger partial charge in [0.1, 0.15) is 11.4 Å². The van der Waals surface area contributed by atoms with Crippen LogP contribution in [-0.2, 0) is 6.42 Å². The Bertz CT molecular complexity index is 822. The minimum absolute atomic E-state index is 0.178. The van der Waals surface area contributed by atoms with Gasteiger partial charge in [-0.15, -0.1) is 0 Å². The van der Waals surface area contributed by atoms with Gasteiger partial charge in [0.05, 0.1) is 18.9 Å². The summed E-state index contributed by atoms with van der Waals surface area (Å²) in [6, 6.07) is 11.3. The van der Waals surface area contributed by atoms with Crippen LogP contribution in [0.2, 0.25) is 0 Å². The van der Waals surface area contributed by atoms with E-state index in [4.69, 9.17) is 9.15 Å². The first-order chi connectivity index (χ1) is 11.7. The summed E-state index contributed by atoms with van der Waals surface area (Å²) in [5.74, 6) is 1.21. The lowest BCUT2D eigenvalue weighted by atomic mass is 10.1. The highest BCUT2D eigenvalue weighted by Gasteiger charge is 2.20. The van der Waals surface area contributed by atoms with Crippen molar-refractivity contribution in [3.05, 3.63) is 59.5 Å². The lowest BCUT2D eigenvalue weighted by molar-refractivity contribution is 0.0954. The number of methoxy groups -OCH3 is 1. The molecule has 6 heteroatoms. The lowest BCUT2D eigenvalue weighted by Crippen LogP contribution is -2.26. The van der Waals surface area contributed by atoms with E-state index in [0.29, 0.717) is 35.7 Å². The quantitative estimate of drug-likeness (QED) is 0.730. The number of nitrogens with one attached hydrogen (secondary N) is 2. The van der Waals surface area contributed by atoms with Crippen LogP contribution in [0.25, 0.3) is 11.5 Å². The number of rotatable bonds is 6. The SMILES string of the molecule is COc1ccccc1CCNC(=O)c1c(-c2ccco2)n[nH]c1C. The number of furan rings is 1. The van der Waals surface area contributed by atoms with Crippen molar-refractivity contribution in [2.75, 3.05) is 13.7 Å². The van der Waals surface area contributed by atoms with E-state index in [9.17, 15) is 4.79 Å². The third-order valence-electron chi connectivity index (χ3n) is 3.80. The topological polar surface area (TPSA) is 80.2 Å². The van der Waals surface area contributed by atoms with Crippen LogP contribution in [0, 0.1) is 6.92 Å². The monoisotopic (exact) mass is 325 g/mol. The summed E-state index contributed by atoms with van der Waals surface area (Å²) in [6.07, 6.45) is 2.24. The van der Waals surface area contributed by atoms with Crippen LogP contribution in [0.3, 0.4) is 0 Å². The molecule has 0 aliphatic heterocycles. The molecule has 3 rings (SSSR count). The second kappa shape index (κ2) is 7.04. The number of aromatic nitrogens is 2. The lowest BCUT2D eigenvalue weighted by Gasteiger charge is -2.09. The van der Waals surface area contributed by atoms with Crippen molar-refractivity contribution in [1.82, 2.24) is 15.5 Å². The Hall–Kier alpha value is -3.02. The maximum absolute atomic E-state index is 12.5. The number of aryl methyl sites for hydroxylation is 1. The zero-order valence-electron chi connectivity index (χ0n) is 13.6. The largest absolute Gasteiger partial charge is 0.496 e. The molecule has 1 amide bonds. The van der Waals surface area contributed by atoms with Crippen molar-refractivity contribution >= 4 is 5.91 Å². The average molecular weight is 325 g/mol. The van der Waals surface area contributed by atoms with Crippen molar-refractivity contribution in [2.45, 2.75) is 13.3 Å². The van der Waals surface area contributed by atoms with E-state index in [1.54, 1.807) is 25.5 Å². The number of hydrogen-bond acceptors (Lipinski definition) is 4. The van der Waals surface area contributed by atoms with Gasteiger partial charge in [0.2, 0.25) is 0 Å². The van der Waals surface area contributed by atoms with Gasteiger partial charge < -0.3 is 14.5 Å². The summed E-state index contributed by atoms with van der Waals surface area (Å²) in [6.45, 7) is 2.32. The number of H-pyrrole nitrogens is 1. The minimum atomic E-state index is -0.178. The van der Waals surface area contributed by atoms with Crippen LogP contribution >= 0.6 is 0 Å². The Morgan fingerprint density at radius 1 is 1.29 bits per heavy atom. The standard InChI is InChI=1S/C18H19N3O3/c1-12-16(17(21-20-12)15-8-5-11-24-15)18(22)19-10-9-13-6-3-4-7-14(13)23-2/h3-8,11H,9-10H2,1-2H3,(H,19,22)(H,20,21). The summed E-state index contributed by atoms with van der Waals surface area (Å²) >= 11 is 0. The van der Waals surface area contributed by atoms with Gasteiger partial charge in [0, 0.05) is 12.2 Å². The van der Waals surface area contributed by atoms with Crippen LogP contribution in [-0.4, -0.2) is 29.8 Å². The van der Waals surface area contributed by atoms with Crippen molar-refractivity contribution in [3.8, 4) is 17.2 Å². The number of ether oxygens (including phenoxy) is 1. The van der Waals surface area contributed by atoms with Crippen molar-refractivity contribution < 1.29 is 13.9 Å². The summed E-state index contributed by atoms with van der Waals surface area (Å²) in [5, 5.41) is 9.95. The van der Waals surface area contributed by atoms with Gasteiger partial charge in [-0.25, -0.2) is 0 Å². The fourth-order valence-corrected chi connectivity index (χ4v) is 2.61. The molecule has 6 nitrogen and oxygen atoms in total. The molecule has 124 valence electrons. The smallest absolute Gasteiger partial charge is 0.255 e. The Labute approximate surface area is 139 Å². The Kier molecular flexibility index (Phi) is 4.65. The normalized spacial score (nSPS) is 10.6. The minimum Gasteiger partial charge on any atom is -0.496 e. The molecule has 0 saturated carbocycles. The number of benzene rings is 1. The molecule has 0 unspecified atom stereocenters. The first-order valence-electron chi connectivity index (χ1n) is 7.69. The maximum atomic E-state index is 12.5. The molecule has 0 saturated heterocycles. The van der Waals surface area contributed by atoms with Crippen LogP contribution in [0.15, 0.2) is 47.1 Å². The number of carbonyl (C=O) groups excluding carboxylic acids is 1. The van der Waals surface area contributed by atoms with Crippen LogP contribution in [0.5, 0.6) is 5.75 Å². The first-order valence-corrected chi connectivity index (χ1v) is 7.69. The fourth-order valence-electron chi connectivity index (χ4n) is 2.61. The molecule has 0 fully saturated rings. The number of carbonyl (C=O) groups is 1. The molecule has 24 heavy (non-hydrogen) atoms. The fraction of sp³-hybridized carbons (Fsp3) is 0.222. The van der Waals surface area contributed by atoms with E-state index in [1.165, 1.54) is 0 Å². The molecule has 2 heterocycles. The molecule has 0 spiro atoms. The van der Waals surface area contributed by atoms with Gasteiger partial charge in [-0.2, -0.15) is 5.10 Å². The van der Waals surface area contributed by atoms with E-state index in [1.807, 2.05) is 31.2 Å². The molecular formula is C18H19N3O3. The first kappa shape index (κ1) is 15.9. The van der Waals surface area contributed by atoms with Crippen LogP contribution in [0.4, 0.5) is 0 Å². The van der Waals surface area contributed by atoms with E-state index in [-0.39, 0.29) is 5.91 Å². The molecule has 0 aliphatic carbocycles. The van der Waals surface area contributed by atoms with E-state index in [2.05, 4.69) is 15.5 Å². The maximum Gasteiger partial charge on any atom is 0.255 e. The molecule has 3 aromatic rings. The zero-order valence-corrected chi connectivity index (χ0v) is 13.6. The van der Waals surface area contributed by atoms with Gasteiger partial charge in [0.15, 0.2) is 5.76 Å². The molecule has 0 radical (unpaired) electrons. The van der Waals surface area contributed by atoms with Crippen LogP contribution < -0.4 is 10.1 Å². The third-order valence-corrected chi connectivity index (χ3v) is 3.80. The zero-order chi connectivity index (χ0) is 16.9. The number of amides is 1. The van der Waals surface area contributed by atoms with Crippen molar-refractivity contribution in [2.24, 2.45) is 0 Å². The van der Waals surface area contributed by atoms with Gasteiger partial charge in [-0.3, -0.25) is 9.89 Å². The number of nitrogens with zero attached hydrogens (tertiary/aromatic N) is 1. The molecule has 0 bridgehead atoms. The average Bonchev–Trinajstić information content (AvgIpc) is 3.24. The summed E-state index contributed by atoms with van der Waals surface area (Å²) in [4.78, 5) is 12.5. The molecule has 0 aliphatic rings. The predicted octanol–water partition coefficient (Wildman–Crippen LogP) is 2.96. The second-order valence-electron chi connectivity index (χ2n) is 5.37. The highest BCUT2D eigenvalue weighted by atomic mass is 16.5. The Morgan fingerprint density at radius 2 is 2.12 bits per heavy atom. The summed E-state index contributed by atoms with van der Waals surface area (Å²) in [5.41, 5.74) is 2.78. The molecule has 2 aromatic heterocycles. The predicted molar refractivity (Wildman–Crippen MR) is 90.1 cm³/mol. The molecule has 1 aromatic carbocycles. The third kappa shape index (κ3) is 3.17. The summed E-state index contributed by atoms with van der Waals surface area (Å²) in [7, 11) is 1.64. The molecular weight excluding hydrogens is 306 g/mol. The van der Waals surface area contributed by atoms with Crippen molar-refractivity contribution in [1.29, 1.82) is 0 Å². The second-order valence-corrected chi connectivity index (χ2v) is 5.37. The van der Waals surface area contributed by atoms with Crippen LogP contribution in [0.1, 0.15) is 21.6 Å². The number of aromatic amines is 1. The molecule has 2 N–H and O–H groups in total. The Morgan fingerprint density at radius 3 is 2.88 bits per heavy atom. The Balaban J connectivity index is 1.69.